The highest BCUT2D eigenvalue weighted by Crippen LogP contribution is 2.24. The number of nitrogens with zero attached hydrogens (tertiary/aromatic N) is 3. The van der Waals surface area contributed by atoms with E-state index in [2.05, 4.69) is 15.5 Å². The number of hydrogen-bond acceptors (Lipinski definition) is 4. The zero-order valence-corrected chi connectivity index (χ0v) is 14.7. The standard InChI is InChI=1S/C18H17FN4OS/c1-12-7-3-6-10-15(12)20-16(24)11-25-18-22-21-17(23(18)2)13-8-4-5-9-14(13)19/h3-10H,11H2,1-2H3,(H,20,24). The van der Waals surface area contributed by atoms with Crippen LogP contribution in [0.25, 0.3) is 11.4 Å². The molecule has 0 aliphatic carbocycles. The summed E-state index contributed by atoms with van der Waals surface area (Å²) in [6.45, 7) is 1.94. The maximum atomic E-state index is 13.9. The molecule has 0 unspecified atom stereocenters. The molecular formula is C18H17FN4OS. The molecule has 1 heterocycles. The molecule has 0 spiro atoms. The summed E-state index contributed by atoms with van der Waals surface area (Å²) in [5.41, 5.74) is 2.17. The zero-order valence-electron chi connectivity index (χ0n) is 13.9. The summed E-state index contributed by atoms with van der Waals surface area (Å²) >= 11 is 1.26. The molecule has 7 heteroatoms. The van der Waals surface area contributed by atoms with Crippen LogP contribution < -0.4 is 5.32 Å². The second kappa shape index (κ2) is 7.48. The van der Waals surface area contributed by atoms with Crippen molar-refractivity contribution in [3.05, 3.63) is 59.9 Å². The first-order valence-corrected chi connectivity index (χ1v) is 8.67. The van der Waals surface area contributed by atoms with Crippen molar-refractivity contribution in [2.75, 3.05) is 11.1 Å². The topological polar surface area (TPSA) is 59.8 Å². The van der Waals surface area contributed by atoms with Gasteiger partial charge in [-0.05, 0) is 30.7 Å². The molecule has 0 atom stereocenters. The first kappa shape index (κ1) is 17.2. The lowest BCUT2D eigenvalue weighted by Gasteiger charge is -2.08. The summed E-state index contributed by atoms with van der Waals surface area (Å²) in [4.78, 5) is 12.1. The van der Waals surface area contributed by atoms with Crippen LogP contribution in [-0.2, 0) is 11.8 Å². The van der Waals surface area contributed by atoms with E-state index in [4.69, 9.17) is 0 Å². The van der Waals surface area contributed by atoms with E-state index < -0.39 is 0 Å². The van der Waals surface area contributed by atoms with E-state index >= 15 is 0 Å². The van der Waals surface area contributed by atoms with Crippen molar-refractivity contribution in [1.29, 1.82) is 0 Å². The van der Waals surface area contributed by atoms with Gasteiger partial charge in [0.1, 0.15) is 5.82 Å². The van der Waals surface area contributed by atoms with Crippen LogP contribution in [0, 0.1) is 12.7 Å². The minimum absolute atomic E-state index is 0.130. The van der Waals surface area contributed by atoms with Gasteiger partial charge in [0.05, 0.1) is 11.3 Å². The fourth-order valence-electron chi connectivity index (χ4n) is 2.35. The first-order chi connectivity index (χ1) is 12.1. The van der Waals surface area contributed by atoms with Gasteiger partial charge in [0, 0.05) is 12.7 Å². The van der Waals surface area contributed by atoms with Crippen molar-refractivity contribution in [2.24, 2.45) is 7.05 Å². The number of anilines is 1. The molecule has 1 N–H and O–H groups in total. The van der Waals surface area contributed by atoms with Crippen LogP contribution >= 0.6 is 11.8 Å². The number of aryl methyl sites for hydroxylation is 1. The second-order valence-corrected chi connectivity index (χ2v) is 6.44. The molecule has 25 heavy (non-hydrogen) atoms. The van der Waals surface area contributed by atoms with Crippen LogP contribution in [0.5, 0.6) is 0 Å². The first-order valence-electron chi connectivity index (χ1n) is 7.69. The van der Waals surface area contributed by atoms with Gasteiger partial charge < -0.3 is 9.88 Å². The third kappa shape index (κ3) is 3.88. The van der Waals surface area contributed by atoms with Gasteiger partial charge in [0.25, 0.3) is 0 Å². The number of carbonyl (C=O) groups excluding carboxylic acids is 1. The fourth-order valence-corrected chi connectivity index (χ4v) is 3.06. The predicted octanol–water partition coefficient (Wildman–Crippen LogP) is 3.66. The Bertz CT molecular complexity index is 910. The van der Waals surface area contributed by atoms with Gasteiger partial charge in [-0.15, -0.1) is 10.2 Å². The molecule has 0 fully saturated rings. The Morgan fingerprint density at radius 2 is 1.88 bits per heavy atom. The molecule has 0 aliphatic heterocycles. The van der Waals surface area contributed by atoms with Crippen molar-refractivity contribution < 1.29 is 9.18 Å². The molecule has 0 saturated carbocycles. The number of amides is 1. The molecule has 5 nitrogen and oxygen atoms in total. The molecule has 3 rings (SSSR count). The van der Waals surface area contributed by atoms with Crippen molar-refractivity contribution in [1.82, 2.24) is 14.8 Å². The minimum Gasteiger partial charge on any atom is -0.325 e. The minimum atomic E-state index is -0.355. The quantitative estimate of drug-likeness (QED) is 0.709. The Labute approximate surface area is 149 Å². The molecular weight excluding hydrogens is 339 g/mol. The summed E-state index contributed by atoms with van der Waals surface area (Å²) in [5, 5.41) is 11.5. The third-order valence-corrected chi connectivity index (χ3v) is 4.72. The maximum Gasteiger partial charge on any atom is 0.234 e. The molecule has 0 saturated heterocycles. The normalized spacial score (nSPS) is 10.7. The van der Waals surface area contributed by atoms with Crippen LogP contribution in [0.15, 0.2) is 53.7 Å². The second-order valence-electron chi connectivity index (χ2n) is 5.50. The smallest absolute Gasteiger partial charge is 0.234 e. The van der Waals surface area contributed by atoms with E-state index in [1.165, 1.54) is 17.8 Å². The average Bonchev–Trinajstić information content (AvgIpc) is 2.96. The summed E-state index contributed by atoms with van der Waals surface area (Å²) in [7, 11) is 1.75. The Balaban J connectivity index is 1.67. The molecule has 128 valence electrons. The van der Waals surface area contributed by atoms with E-state index in [-0.39, 0.29) is 17.5 Å². The number of aromatic nitrogens is 3. The lowest BCUT2D eigenvalue weighted by Crippen LogP contribution is -2.15. The molecule has 0 radical (unpaired) electrons. The Morgan fingerprint density at radius 1 is 1.16 bits per heavy atom. The lowest BCUT2D eigenvalue weighted by molar-refractivity contribution is -0.113. The summed E-state index contributed by atoms with van der Waals surface area (Å²) < 4.78 is 15.6. The number of rotatable bonds is 5. The molecule has 1 aromatic heterocycles. The number of thioether (sulfide) groups is 1. The van der Waals surface area contributed by atoms with E-state index in [1.54, 1.807) is 29.8 Å². The fraction of sp³-hybridized carbons (Fsp3) is 0.167. The van der Waals surface area contributed by atoms with Gasteiger partial charge in [0.2, 0.25) is 5.91 Å². The number of benzene rings is 2. The highest BCUT2D eigenvalue weighted by Gasteiger charge is 2.15. The van der Waals surface area contributed by atoms with Crippen LogP contribution in [0.2, 0.25) is 0 Å². The third-order valence-electron chi connectivity index (χ3n) is 3.70. The summed E-state index contributed by atoms with van der Waals surface area (Å²) in [5.74, 6) is 0.138. The van der Waals surface area contributed by atoms with Crippen molar-refractivity contribution in [3.63, 3.8) is 0 Å². The van der Waals surface area contributed by atoms with Gasteiger partial charge in [-0.1, -0.05) is 42.1 Å². The molecule has 2 aromatic carbocycles. The highest BCUT2D eigenvalue weighted by molar-refractivity contribution is 7.99. The van der Waals surface area contributed by atoms with Gasteiger partial charge in [-0.2, -0.15) is 0 Å². The lowest BCUT2D eigenvalue weighted by atomic mass is 10.2. The van der Waals surface area contributed by atoms with E-state index in [0.717, 1.165) is 11.3 Å². The van der Waals surface area contributed by atoms with Crippen LogP contribution in [0.4, 0.5) is 10.1 Å². The number of halogens is 1. The molecule has 0 aliphatic rings. The van der Waals surface area contributed by atoms with Crippen LogP contribution in [0.3, 0.4) is 0 Å². The maximum absolute atomic E-state index is 13.9. The van der Waals surface area contributed by atoms with E-state index in [1.807, 2.05) is 31.2 Å². The number of para-hydroxylation sites is 1. The highest BCUT2D eigenvalue weighted by atomic mass is 32.2. The largest absolute Gasteiger partial charge is 0.325 e. The van der Waals surface area contributed by atoms with Gasteiger partial charge in [0.15, 0.2) is 11.0 Å². The monoisotopic (exact) mass is 356 g/mol. The SMILES string of the molecule is Cc1ccccc1NC(=O)CSc1nnc(-c2ccccc2F)n1C. The summed E-state index contributed by atoms with van der Waals surface area (Å²) in [6, 6.07) is 14.0. The van der Waals surface area contributed by atoms with Crippen molar-refractivity contribution in [2.45, 2.75) is 12.1 Å². The van der Waals surface area contributed by atoms with E-state index in [0.29, 0.717) is 16.5 Å². The summed E-state index contributed by atoms with van der Waals surface area (Å²) in [6.07, 6.45) is 0. The zero-order chi connectivity index (χ0) is 17.8. The number of nitrogens with one attached hydrogen (secondary N) is 1. The number of hydrogen-bond donors (Lipinski definition) is 1. The van der Waals surface area contributed by atoms with Gasteiger partial charge in [-0.25, -0.2) is 4.39 Å². The van der Waals surface area contributed by atoms with Gasteiger partial charge in [-0.3, -0.25) is 4.79 Å². The van der Waals surface area contributed by atoms with Crippen LogP contribution in [-0.4, -0.2) is 26.4 Å². The molecule has 0 bridgehead atoms. The molecule has 1 amide bonds. The average molecular weight is 356 g/mol. The Morgan fingerprint density at radius 3 is 2.64 bits per heavy atom. The van der Waals surface area contributed by atoms with Gasteiger partial charge >= 0.3 is 0 Å². The van der Waals surface area contributed by atoms with Crippen LogP contribution in [0.1, 0.15) is 5.56 Å². The van der Waals surface area contributed by atoms with E-state index in [9.17, 15) is 9.18 Å². The predicted molar refractivity (Wildman–Crippen MR) is 96.9 cm³/mol. The Hall–Kier alpha value is -2.67. The van der Waals surface area contributed by atoms with Crippen molar-refractivity contribution >= 4 is 23.4 Å². The molecule has 3 aromatic rings. The van der Waals surface area contributed by atoms with Crippen molar-refractivity contribution in [3.8, 4) is 11.4 Å². The number of carbonyl (C=O) groups is 1. The Kier molecular flexibility index (Phi) is 5.14.